The van der Waals surface area contributed by atoms with Crippen molar-refractivity contribution in [3.05, 3.63) is 0 Å². The second-order valence-electron chi connectivity index (χ2n) is 5.20. The van der Waals surface area contributed by atoms with Crippen molar-refractivity contribution in [1.29, 1.82) is 0 Å². The summed E-state index contributed by atoms with van der Waals surface area (Å²) in [5.74, 6) is -5.36. The molecular formula is C14H20O11. The third-order valence-corrected chi connectivity index (χ3v) is 3.09. The van der Waals surface area contributed by atoms with E-state index in [1.165, 1.54) is 0 Å². The molecule has 25 heavy (non-hydrogen) atoms. The number of aliphatic hydroxyl groups is 2. The van der Waals surface area contributed by atoms with E-state index in [2.05, 4.69) is 0 Å². The van der Waals surface area contributed by atoms with Crippen LogP contribution < -0.4 is 0 Å². The Kier molecular flexibility index (Phi) is 7.42. The molecular weight excluding hydrogens is 344 g/mol. The molecule has 0 radical (unpaired) electrons. The molecule has 4 unspecified atom stereocenters. The van der Waals surface area contributed by atoms with Crippen LogP contribution in [0.2, 0.25) is 0 Å². The zero-order valence-electron chi connectivity index (χ0n) is 13.9. The van der Waals surface area contributed by atoms with Crippen molar-refractivity contribution in [3.63, 3.8) is 0 Å². The van der Waals surface area contributed by atoms with Gasteiger partial charge in [0, 0.05) is 20.8 Å². The van der Waals surface area contributed by atoms with Crippen molar-refractivity contribution in [2.45, 2.75) is 51.2 Å². The molecule has 0 aliphatic carbocycles. The fraction of sp³-hybridized carbons (Fsp3) is 0.714. The Hall–Kier alpha value is -2.08. The first-order chi connectivity index (χ1) is 11.6. The van der Waals surface area contributed by atoms with Crippen LogP contribution >= 0.6 is 0 Å². The summed E-state index contributed by atoms with van der Waals surface area (Å²) in [4.78, 5) is 44.1. The van der Waals surface area contributed by atoms with Crippen molar-refractivity contribution in [3.8, 4) is 0 Å². The number of esters is 3. The van der Waals surface area contributed by atoms with E-state index >= 15 is 0 Å². The van der Waals surface area contributed by atoms with Crippen molar-refractivity contribution in [2.75, 3.05) is 13.2 Å². The van der Waals surface area contributed by atoms with Gasteiger partial charge in [0.25, 0.3) is 5.79 Å². The molecule has 4 atom stereocenters. The Morgan fingerprint density at radius 1 is 1.08 bits per heavy atom. The van der Waals surface area contributed by atoms with E-state index in [0.29, 0.717) is 6.29 Å². The Morgan fingerprint density at radius 3 is 2.16 bits per heavy atom. The van der Waals surface area contributed by atoms with Gasteiger partial charge in [0.1, 0.15) is 25.6 Å². The third kappa shape index (κ3) is 5.74. The second-order valence-corrected chi connectivity index (χ2v) is 5.20. The molecule has 1 heterocycles. The lowest BCUT2D eigenvalue weighted by Gasteiger charge is -2.46. The summed E-state index contributed by atoms with van der Waals surface area (Å²) in [5, 5.41) is 20.5. The predicted molar refractivity (Wildman–Crippen MR) is 75.6 cm³/mol. The van der Waals surface area contributed by atoms with E-state index in [1.54, 1.807) is 0 Å². The molecule has 0 aromatic heterocycles. The van der Waals surface area contributed by atoms with Crippen LogP contribution in [0.25, 0.3) is 0 Å². The average molecular weight is 364 g/mol. The zero-order valence-corrected chi connectivity index (χ0v) is 13.9. The molecule has 0 aromatic carbocycles. The quantitative estimate of drug-likeness (QED) is 0.224. The van der Waals surface area contributed by atoms with E-state index in [-0.39, 0.29) is 0 Å². The van der Waals surface area contributed by atoms with Gasteiger partial charge in [0.15, 0.2) is 12.2 Å². The highest BCUT2D eigenvalue weighted by molar-refractivity contribution is 5.68. The van der Waals surface area contributed by atoms with Crippen LogP contribution in [0.15, 0.2) is 0 Å². The number of aldehydes is 1. The highest BCUT2D eigenvalue weighted by Crippen LogP contribution is 2.33. The minimum atomic E-state index is -2.94. The molecule has 11 nitrogen and oxygen atoms in total. The van der Waals surface area contributed by atoms with E-state index in [0.717, 1.165) is 20.8 Å². The van der Waals surface area contributed by atoms with Crippen LogP contribution in [0.1, 0.15) is 20.8 Å². The van der Waals surface area contributed by atoms with Gasteiger partial charge in [0.05, 0.1) is 0 Å². The summed E-state index contributed by atoms with van der Waals surface area (Å²) in [7, 11) is 0. The summed E-state index contributed by atoms with van der Waals surface area (Å²) >= 11 is 0. The molecule has 1 rings (SSSR count). The van der Waals surface area contributed by atoms with Crippen LogP contribution in [0.4, 0.5) is 0 Å². The number of carbonyl (C=O) groups is 4. The summed E-state index contributed by atoms with van der Waals surface area (Å²) in [6, 6.07) is 0. The number of ether oxygens (including phenoxy) is 5. The second kappa shape index (κ2) is 8.85. The molecule has 0 spiro atoms. The fourth-order valence-electron chi connectivity index (χ4n) is 2.19. The molecule has 1 fully saturated rings. The predicted octanol–water partition coefficient (Wildman–Crippen LogP) is -1.97. The first-order valence-electron chi connectivity index (χ1n) is 7.22. The monoisotopic (exact) mass is 364 g/mol. The van der Waals surface area contributed by atoms with Gasteiger partial charge < -0.3 is 38.7 Å². The maximum absolute atomic E-state index is 11.3. The number of hydrogen-bond acceptors (Lipinski definition) is 11. The zero-order chi connectivity index (χ0) is 19.2. The highest BCUT2D eigenvalue weighted by Gasteiger charge is 2.59. The van der Waals surface area contributed by atoms with Gasteiger partial charge in [-0.15, -0.1) is 0 Å². The molecule has 142 valence electrons. The summed E-state index contributed by atoms with van der Waals surface area (Å²) in [6.45, 7) is 2.15. The summed E-state index contributed by atoms with van der Waals surface area (Å²) in [5.41, 5.74) is 0. The lowest BCUT2D eigenvalue weighted by Crippen LogP contribution is -2.69. The molecule has 0 amide bonds. The minimum Gasteiger partial charge on any atom is -0.463 e. The SMILES string of the molecule is CC(=O)OCC1OC(OCC=O)C(O)(O)C(OC(C)=O)C1OC(C)=O. The normalized spacial score (nSPS) is 27.9. The first kappa shape index (κ1) is 21.0. The highest BCUT2D eigenvalue weighted by atomic mass is 16.8. The van der Waals surface area contributed by atoms with Gasteiger partial charge >= 0.3 is 17.9 Å². The Balaban J connectivity index is 3.17. The lowest BCUT2D eigenvalue weighted by atomic mass is 9.95. The van der Waals surface area contributed by atoms with Gasteiger partial charge in [-0.05, 0) is 0 Å². The van der Waals surface area contributed by atoms with Crippen molar-refractivity contribution < 1.29 is 53.1 Å². The summed E-state index contributed by atoms with van der Waals surface area (Å²) < 4.78 is 24.7. The number of carbonyl (C=O) groups excluding carboxylic acids is 4. The van der Waals surface area contributed by atoms with Gasteiger partial charge in [-0.2, -0.15) is 0 Å². The van der Waals surface area contributed by atoms with Gasteiger partial charge in [-0.25, -0.2) is 0 Å². The van der Waals surface area contributed by atoms with Gasteiger partial charge in [-0.3, -0.25) is 14.4 Å². The molecule has 1 saturated heterocycles. The van der Waals surface area contributed by atoms with Crippen molar-refractivity contribution >= 4 is 24.2 Å². The van der Waals surface area contributed by atoms with E-state index in [1.807, 2.05) is 0 Å². The van der Waals surface area contributed by atoms with Crippen LogP contribution in [0.3, 0.4) is 0 Å². The van der Waals surface area contributed by atoms with Crippen molar-refractivity contribution in [1.82, 2.24) is 0 Å². The molecule has 0 aromatic rings. The van der Waals surface area contributed by atoms with Crippen molar-refractivity contribution in [2.24, 2.45) is 0 Å². The molecule has 0 saturated carbocycles. The number of rotatable bonds is 7. The van der Waals surface area contributed by atoms with Crippen LogP contribution in [-0.4, -0.2) is 78.0 Å². The standard InChI is InChI=1S/C14H20O11/c1-7(16)22-6-10-11(23-8(2)17)12(24-9(3)18)14(19,20)13(25-10)21-5-4-15/h4,10-13,19-20H,5-6H2,1-3H3. The smallest absolute Gasteiger partial charge is 0.303 e. The van der Waals surface area contributed by atoms with Crippen LogP contribution in [0.5, 0.6) is 0 Å². The van der Waals surface area contributed by atoms with E-state index < -0.39 is 61.5 Å². The topological polar surface area (TPSA) is 155 Å². The van der Waals surface area contributed by atoms with Gasteiger partial charge in [0.2, 0.25) is 6.29 Å². The third-order valence-electron chi connectivity index (χ3n) is 3.09. The molecule has 1 aliphatic heterocycles. The summed E-state index contributed by atoms with van der Waals surface area (Å²) in [6.07, 6.45) is -6.08. The van der Waals surface area contributed by atoms with E-state index in [9.17, 15) is 29.4 Å². The lowest BCUT2D eigenvalue weighted by molar-refractivity contribution is -0.402. The first-order valence-corrected chi connectivity index (χ1v) is 7.22. The van der Waals surface area contributed by atoms with E-state index in [4.69, 9.17) is 23.7 Å². The maximum Gasteiger partial charge on any atom is 0.303 e. The fourth-order valence-corrected chi connectivity index (χ4v) is 2.19. The molecule has 1 aliphatic rings. The Morgan fingerprint density at radius 2 is 1.68 bits per heavy atom. The maximum atomic E-state index is 11.3. The van der Waals surface area contributed by atoms with Crippen LogP contribution in [-0.2, 0) is 42.9 Å². The average Bonchev–Trinajstić information content (AvgIpc) is 2.48. The Bertz CT molecular complexity index is 515. The van der Waals surface area contributed by atoms with Gasteiger partial charge in [-0.1, -0.05) is 0 Å². The molecule has 2 N–H and O–H groups in total. The van der Waals surface area contributed by atoms with Crippen LogP contribution in [0, 0.1) is 0 Å². The molecule has 11 heteroatoms. The Labute approximate surface area is 142 Å². The minimum absolute atomic E-state index is 0.333. The largest absolute Gasteiger partial charge is 0.463 e. The number of hydrogen-bond donors (Lipinski definition) is 2. The molecule has 0 bridgehead atoms.